The molecule has 4 rings (SSSR count). The van der Waals surface area contributed by atoms with Gasteiger partial charge in [-0.2, -0.15) is 8.78 Å². The number of aromatic nitrogens is 1. The average molecular weight is 448 g/mol. The van der Waals surface area contributed by atoms with Crippen molar-refractivity contribution in [3.05, 3.63) is 47.3 Å². The van der Waals surface area contributed by atoms with Gasteiger partial charge in [-0.1, -0.05) is 17.3 Å². The maximum absolute atomic E-state index is 13.2. The zero-order valence-corrected chi connectivity index (χ0v) is 17.9. The fourth-order valence-corrected chi connectivity index (χ4v) is 4.32. The van der Waals surface area contributed by atoms with Crippen molar-refractivity contribution in [2.75, 3.05) is 32.7 Å². The normalized spacial score (nSPS) is 19.6. The summed E-state index contributed by atoms with van der Waals surface area (Å²) in [5.41, 5.74) is 0.903. The van der Waals surface area contributed by atoms with Crippen molar-refractivity contribution in [1.82, 2.24) is 19.9 Å². The summed E-state index contributed by atoms with van der Waals surface area (Å²) in [5.74, 6) is 0.0276. The number of halogens is 2. The standard InChI is InChI=1S/C22H26F2N4O4/c1-15-13-16(25-32-15)14-26-9-11-27(12-10-26)21(30)18-6-4-8-28(18)20(29)17-5-2-3-7-19(17)31-22(23)24/h2-3,5,7,13,18,22H,4,6,8-12,14H2,1H3. The molecule has 1 atom stereocenters. The molecule has 0 saturated carbocycles. The van der Waals surface area contributed by atoms with Crippen LogP contribution in [0.1, 0.15) is 34.7 Å². The summed E-state index contributed by atoms with van der Waals surface area (Å²) in [5, 5.41) is 4.01. The van der Waals surface area contributed by atoms with E-state index in [-0.39, 0.29) is 17.2 Å². The second-order valence-electron chi connectivity index (χ2n) is 8.06. The minimum absolute atomic E-state index is 0.0419. The van der Waals surface area contributed by atoms with E-state index >= 15 is 0 Å². The number of ether oxygens (including phenoxy) is 1. The zero-order chi connectivity index (χ0) is 22.7. The Balaban J connectivity index is 1.38. The molecule has 0 N–H and O–H groups in total. The van der Waals surface area contributed by atoms with Crippen LogP contribution in [0.5, 0.6) is 5.75 Å². The van der Waals surface area contributed by atoms with Crippen LogP contribution in [0.25, 0.3) is 0 Å². The number of benzene rings is 1. The number of carbonyl (C=O) groups excluding carboxylic acids is 2. The number of piperazine rings is 1. The molecule has 0 spiro atoms. The number of alkyl halides is 2. The molecule has 0 bridgehead atoms. The summed E-state index contributed by atoms with van der Waals surface area (Å²) >= 11 is 0. The molecule has 2 fully saturated rings. The lowest BCUT2D eigenvalue weighted by molar-refractivity contribution is -0.137. The summed E-state index contributed by atoms with van der Waals surface area (Å²) in [6.45, 7) is 2.39. The maximum Gasteiger partial charge on any atom is 0.387 e. The number of nitrogens with zero attached hydrogens (tertiary/aromatic N) is 4. The topological polar surface area (TPSA) is 79.1 Å². The second-order valence-corrected chi connectivity index (χ2v) is 8.06. The minimum atomic E-state index is -3.03. The van der Waals surface area contributed by atoms with Gasteiger partial charge in [-0.15, -0.1) is 0 Å². The highest BCUT2D eigenvalue weighted by Gasteiger charge is 2.38. The Hall–Kier alpha value is -3.01. The Morgan fingerprint density at radius 2 is 1.94 bits per heavy atom. The predicted molar refractivity (Wildman–Crippen MR) is 110 cm³/mol. The van der Waals surface area contributed by atoms with Gasteiger partial charge < -0.3 is 19.1 Å². The largest absolute Gasteiger partial charge is 0.434 e. The van der Waals surface area contributed by atoms with Crippen LogP contribution in [-0.2, 0) is 11.3 Å². The molecule has 2 amide bonds. The van der Waals surface area contributed by atoms with Crippen LogP contribution in [0, 0.1) is 6.92 Å². The number of aryl methyl sites for hydroxylation is 1. The molecule has 1 aromatic heterocycles. The molecule has 0 radical (unpaired) electrons. The lowest BCUT2D eigenvalue weighted by Crippen LogP contribution is -2.54. The van der Waals surface area contributed by atoms with E-state index in [1.807, 2.05) is 13.0 Å². The first-order valence-electron chi connectivity index (χ1n) is 10.7. The molecule has 8 nitrogen and oxygen atoms in total. The van der Waals surface area contributed by atoms with Gasteiger partial charge in [0.25, 0.3) is 5.91 Å². The Morgan fingerprint density at radius 1 is 1.19 bits per heavy atom. The third kappa shape index (κ3) is 4.90. The Kier molecular flexibility index (Phi) is 6.69. The summed E-state index contributed by atoms with van der Waals surface area (Å²) in [7, 11) is 0. The van der Waals surface area contributed by atoms with Crippen molar-refractivity contribution in [2.45, 2.75) is 39.0 Å². The monoisotopic (exact) mass is 448 g/mol. The summed E-state index contributed by atoms with van der Waals surface area (Å²) in [6, 6.07) is 7.21. The number of hydrogen-bond donors (Lipinski definition) is 0. The first-order valence-corrected chi connectivity index (χ1v) is 10.7. The minimum Gasteiger partial charge on any atom is -0.434 e. The first-order chi connectivity index (χ1) is 15.4. The van der Waals surface area contributed by atoms with Crippen molar-refractivity contribution >= 4 is 11.8 Å². The van der Waals surface area contributed by atoms with E-state index in [1.54, 1.807) is 11.0 Å². The molecule has 2 aliphatic heterocycles. The molecule has 3 heterocycles. The Bertz CT molecular complexity index is 959. The van der Waals surface area contributed by atoms with Crippen molar-refractivity contribution < 1.29 is 27.6 Å². The molecule has 2 aliphatic rings. The van der Waals surface area contributed by atoms with Crippen LogP contribution >= 0.6 is 0 Å². The number of likely N-dealkylation sites (tertiary alicyclic amines) is 1. The van der Waals surface area contributed by atoms with Gasteiger partial charge in [0, 0.05) is 45.3 Å². The van der Waals surface area contributed by atoms with Crippen LogP contribution in [0.4, 0.5) is 8.78 Å². The second kappa shape index (κ2) is 9.64. The lowest BCUT2D eigenvalue weighted by atomic mass is 10.1. The van der Waals surface area contributed by atoms with Gasteiger partial charge in [0.2, 0.25) is 5.91 Å². The van der Waals surface area contributed by atoms with Crippen molar-refractivity contribution in [1.29, 1.82) is 0 Å². The molecular formula is C22H26F2N4O4. The Morgan fingerprint density at radius 3 is 2.62 bits per heavy atom. The molecule has 32 heavy (non-hydrogen) atoms. The Labute approximate surface area is 184 Å². The fraction of sp³-hybridized carbons (Fsp3) is 0.500. The van der Waals surface area contributed by atoms with E-state index in [4.69, 9.17) is 4.52 Å². The van der Waals surface area contributed by atoms with E-state index < -0.39 is 18.6 Å². The maximum atomic E-state index is 13.2. The van der Waals surface area contributed by atoms with E-state index in [9.17, 15) is 18.4 Å². The van der Waals surface area contributed by atoms with E-state index in [1.165, 1.54) is 23.1 Å². The highest BCUT2D eigenvalue weighted by molar-refractivity contribution is 6.00. The fourth-order valence-electron chi connectivity index (χ4n) is 4.32. The molecule has 0 aliphatic carbocycles. The van der Waals surface area contributed by atoms with Crippen molar-refractivity contribution in [3.63, 3.8) is 0 Å². The smallest absolute Gasteiger partial charge is 0.387 e. The number of rotatable bonds is 6. The summed E-state index contributed by atoms with van der Waals surface area (Å²) in [4.78, 5) is 31.8. The molecule has 2 aromatic rings. The van der Waals surface area contributed by atoms with E-state index in [0.29, 0.717) is 52.1 Å². The van der Waals surface area contributed by atoms with Crippen LogP contribution in [-0.4, -0.2) is 77.0 Å². The highest BCUT2D eigenvalue weighted by atomic mass is 19.3. The van der Waals surface area contributed by atoms with Gasteiger partial charge in [0.05, 0.1) is 11.3 Å². The third-order valence-corrected chi connectivity index (χ3v) is 5.88. The van der Waals surface area contributed by atoms with Gasteiger partial charge in [-0.05, 0) is 31.9 Å². The molecule has 172 valence electrons. The number of amides is 2. The zero-order valence-electron chi connectivity index (χ0n) is 17.9. The summed E-state index contributed by atoms with van der Waals surface area (Å²) in [6.07, 6.45) is 1.24. The average Bonchev–Trinajstić information content (AvgIpc) is 3.42. The van der Waals surface area contributed by atoms with Crippen LogP contribution in [0.3, 0.4) is 0 Å². The van der Waals surface area contributed by atoms with Gasteiger partial charge in [-0.3, -0.25) is 14.5 Å². The van der Waals surface area contributed by atoms with Crippen LogP contribution in [0.15, 0.2) is 34.9 Å². The first kappa shape index (κ1) is 22.2. The van der Waals surface area contributed by atoms with Gasteiger partial charge in [0.1, 0.15) is 17.6 Å². The molecule has 10 heteroatoms. The third-order valence-electron chi connectivity index (χ3n) is 5.88. The number of carbonyl (C=O) groups is 2. The number of para-hydroxylation sites is 1. The quantitative estimate of drug-likeness (QED) is 0.676. The van der Waals surface area contributed by atoms with Gasteiger partial charge in [0.15, 0.2) is 0 Å². The van der Waals surface area contributed by atoms with Crippen LogP contribution in [0.2, 0.25) is 0 Å². The lowest BCUT2D eigenvalue weighted by Gasteiger charge is -2.37. The van der Waals surface area contributed by atoms with Gasteiger partial charge >= 0.3 is 6.61 Å². The molecule has 2 saturated heterocycles. The molecular weight excluding hydrogens is 422 g/mol. The van der Waals surface area contributed by atoms with E-state index in [0.717, 1.165) is 11.5 Å². The van der Waals surface area contributed by atoms with Crippen LogP contribution < -0.4 is 4.74 Å². The van der Waals surface area contributed by atoms with Gasteiger partial charge in [-0.25, -0.2) is 0 Å². The SMILES string of the molecule is Cc1cc(CN2CCN(C(=O)C3CCCN3C(=O)c3ccccc3OC(F)F)CC2)no1. The molecule has 1 aromatic carbocycles. The number of hydrogen-bond acceptors (Lipinski definition) is 6. The van der Waals surface area contributed by atoms with Crippen molar-refractivity contribution in [2.24, 2.45) is 0 Å². The molecule has 1 unspecified atom stereocenters. The summed E-state index contributed by atoms with van der Waals surface area (Å²) < 4.78 is 35.1. The van der Waals surface area contributed by atoms with E-state index in [2.05, 4.69) is 14.8 Å². The highest BCUT2D eigenvalue weighted by Crippen LogP contribution is 2.27. The van der Waals surface area contributed by atoms with Crippen molar-refractivity contribution in [3.8, 4) is 5.75 Å². The predicted octanol–water partition coefficient (Wildman–Crippen LogP) is 2.53.